The number of amides is 1. The molecule has 1 amide bonds. The summed E-state index contributed by atoms with van der Waals surface area (Å²) in [5.74, 6) is 0.555. The summed E-state index contributed by atoms with van der Waals surface area (Å²) in [4.78, 5) is 31.5. The number of hydrogen-bond donors (Lipinski definition) is 1. The summed E-state index contributed by atoms with van der Waals surface area (Å²) in [5.41, 5.74) is 1.84. The highest BCUT2D eigenvalue weighted by atomic mass is 16.5. The minimum Gasteiger partial charge on any atom is -0.468 e. The number of hydrogen-bond acceptors (Lipinski definition) is 6. The molecule has 2 unspecified atom stereocenters. The minimum absolute atomic E-state index is 0.0709. The van der Waals surface area contributed by atoms with E-state index in [1.165, 1.54) is 45.6 Å². The van der Waals surface area contributed by atoms with Crippen molar-refractivity contribution >= 4 is 12.1 Å². The number of imidazole rings is 1. The van der Waals surface area contributed by atoms with Crippen molar-refractivity contribution in [2.75, 3.05) is 20.2 Å². The molecule has 2 fully saturated rings. The maximum atomic E-state index is 12.6. The van der Waals surface area contributed by atoms with Gasteiger partial charge in [0.1, 0.15) is 12.6 Å². The molecule has 35 heavy (non-hydrogen) atoms. The third kappa shape index (κ3) is 7.56. The summed E-state index contributed by atoms with van der Waals surface area (Å²) in [6, 6.07) is 9.10. The Bertz CT molecular complexity index is 942. The van der Waals surface area contributed by atoms with Gasteiger partial charge in [0.2, 0.25) is 0 Å². The van der Waals surface area contributed by atoms with Crippen LogP contribution in [0.25, 0.3) is 0 Å². The van der Waals surface area contributed by atoms with Crippen LogP contribution in [-0.2, 0) is 33.8 Å². The molecular formula is C27H38N4O4. The third-order valence-corrected chi connectivity index (χ3v) is 7.28. The lowest BCUT2D eigenvalue weighted by molar-refractivity contribution is -0.146. The van der Waals surface area contributed by atoms with Crippen molar-refractivity contribution in [1.82, 2.24) is 19.8 Å². The first kappa shape index (κ1) is 25.2. The molecule has 1 saturated carbocycles. The van der Waals surface area contributed by atoms with Crippen LogP contribution in [0.1, 0.15) is 56.2 Å². The molecule has 8 nitrogen and oxygen atoms in total. The van der Waals surface area contributed by atoms with E-state index in [0.29, 0.717) is 19.5 Å². The standard InChI is InChI=1S/C27H38N4O4/c1-34-26(32)25(16-24-17-30(20-28-24)14-12-21-8-4-2-5-9-21)31-15-13-23(18-31)29-27(33)35-19-22-10-6-3-7-11-22/h3,6-7,10-11,17,20-21,23,25H,2,4-5,8-9,12-16,18-19H2,1H3,(H,29,33). The first-order chi connectivity index (χ1) is 17.1. The number of benzene rings is 1. The quantitative estimate of drug-likeness (QED) is 0.517. The van der Waals surface area contributed by atoms with E-state index in [1.54, 1.807) is 0 Å². The number of methoxy groups -OCH3 is 1. The summed E-state index contributed by atoms with van der Waals surface area (Å²) in [6.07, 6.45) is 12.7. The SMILES string of the molecule is COC(=O)C(Cc1cn(CCC2CCCCC2)cn1)N1CCC(NC(=O)OCc2ccccc2)C1. The van der Waals surface area contributed by atoms with Crippen molar-refractivity contribution in [3.05, 3.63) is 54.1 Å². The van der Waals surface area contributed by atoms with Gasteiger partial charge in [0, 0.05) is 38.3 Å². The highest BCUT2D eigenvalue weighted by Gasteiger charge is 2.34. The molecule has 1 N–H and O–H groups in total. The number of carbonyl (C=O) groups is 2. The number of likely N-dealkylation sites (tertiary alicyclic amines) is 1. The second-order valence-electron chi connectivity index (χ2n) is 9.83. The van der Waals surface area contributed by atoms with Crippen LogP contribution in [0.15, 0.2) is 42.9 Å². The van der Waals surface area contributed by atoms with Gasteiger partial charge in [-0.25, -0.2) is 9.78 Å². The number of aryl methyl sites for hydroxylation is 1. The summed E-state index contributed by atoms with van der Waals surface area (Å²) in [7, 11) is 1.42. The van der Waals surface area contributed by atoms with Gasteiger partial charge < -0.3 is 19.4 Å². The average molecular weight is 483 g/mol. The Morgan fingerprint density at radius 1 is 1.14 bits per heavy atom. The van der Waals surface area contributed by atoms with Crippen LogP contribution in [0, 0.1) is 5.92 Å². The van der Waals surface area contributed by atoms with Gasteiger partial charge in [0.25, 0.3) is 0 Å². The van der Waals surface area contributed by atoms with E-state index < -0.39 is 12.1 Å². The van der Waals surface area contributed by atoms with Crippen LogP contribution in [-0.4, -0.2) is 58.8 Å². The predicted octanol–water partition coefficient (Wildman–Crippen LogP) is 3.94. The molecule has 0 radical (unpaired) electrons. The molecule has 1 aromatic heterocycles. The van der Waals surface area contributed by atoms with E-state index >= 15 is 0 Å². The van der Waals surface area contributed by atoms with Gasteiger partial charge in [0.05, 0.1) is 19.1 Å². The molecule has 2 aromatic rings. The molecule has 1 saturated heterocycles. The lowest BCUT2D eigenvalue weighted by Crippen LogP contribution is -2.44. The van der Waals surface area contributed by atoms with Crippen molar-refractivity contribution in [3.8, 4) is 0 Å². The number of nitrogens with zero attached hydrogens (tertiary/aromatic N) is 3. The summed E-state index contributed by atoms with van der Waals surface area (Å²) in [5, 5.41) is 2.93. The molecule has 2 heterocycles. The first-order valence-electron chi connectivity index (χ1n) is 12.9. The number of nitrogens with one attached hydrogen (secondary N) is 1. The van der Waals surface area contributed by atoms with Crippen LogP contribution in [0.3, 0.4) is 0 Å². The molecule has 0 spiro atoms. The zero-order chi connectivity index (χ0) is 24.5. The Morgan fingerprint density at radius 3 is 2.71 bits per heavy atom. The summed E-state index contributed by atoms with van der Waals surface area (Å²) in [6.45, 7) is 2.48. The van der Waals surface area contributed by atoms with Crippen LogP contribution >= 0.6 is 0 Å². The highest BCUT2D eigenvalue weighted by molar-refractivity contribution is 5.76. The smallest absolute Gasteiger partial charge is 0.407 e. The van der Waals surface area contributed by atoms with Gasteiger partial charge in [-0.1, -0.05) is 62.4 Å². The van der Waals surface area contributed by atoms with Gasteiger partial charge >= 0.3 is 12.1 Å². The fourth-order valence-corrected chi connectivity index (χ4v) is 5.26. The Hall–Kier alpha value is -2.87. The number of ether oxygens (including phenoxy) is 2. The average Bonchev–Trinajstić information content (AvgIpc) is 3.55. The van der Waals surface area contributed by atoms with Crippen molar-refractivity contribution < 1.29 is 19.1 Å². The molecule has 190 valence electrons. The van der Waals surface area contributed by atoms with E-state index in [4.69, 9.17) is 9.47 Å². The third-order valence-electron chi connectivity index (χ3n) is 7.28. The number of alkyl carbamates (subject to hydrolysis) is 1. The van der Waals surface area contributed by atoms with E-state index in [0.717, 1.165) is 30.1 Å². The molecule has 2 aliphatic rings. The Kier molecular flexibility index (Phi) is 9.17. The van der Waals surface area contributed by atoms with Gasteiger partial charge in [-0.05, 0) is 24.3 Å². The van der Waals surface area contributed by atoms with Crippen LogP contribution < -0.4 is 5.32 Å². The minimum atomic E-state index is -0.438. The van der Waals surface area contributed by atoms with Crippen molar-refractivity contribution in [2.45, 2.75) is 76.6 Å². The van der Waals surface area contributed by atoms with Crippen LogP contribution in [0.5, 0.6) is 0 Å². The fourth-order valence-electron chi connectivity index (χ4n) is 5.26. The lowest BCUT2D eigenvalue weighted by atomic mass is 9.87. The van der Waals surface area contributed by atoms with E-state index in [1.807, 2.05) is 36.7 Å². The topological polar surface area (TPSA) is 85.7 Å². The maximum absolute atomic E-state index is 12.6. The predicted molar refractivity (Wildman–Crippen MR) is 133 cm³/mol. The van der Waals surface area contributed by atoms with Crippen molar-refractivity contribution in [2.24, 2.45) is 5.92 Å². The van der Waals surface area contributed by atoms with Gasteiger partial charge in [-0.2, -0.15) is 0 Å². The zero-order valence-electron chi connectivity index (χ0n) is 20.7. The van der Waals surface area contributed by atoms with Gasteiger partial charge in [-0.15, -0.1) is 0 Å². The second kappa shape index (κ2) is 12.7. The van der Waals surface area contributed by atoms with Crippen molar-refractivity contribution in [3.63, 3.8) is 0 Å². The van der Waals surface area contributed by atoms with Crippen LogP contribution in [0.2, 0.25) is 0 Å². The normalized spacial score (nSPS) is 19.9. The van der Waals surface area contributed by atoms with Crippen LogP contribution in [0.4, 0.5) is 4.79 Å². The lowest BCUT2D eigenvalue weighted by Gasteiger charge is -2.25. The van der Waals surface area contributed by atoms with E-state index in [2.05, 4.69) is 26.0 Å². The summed E-state index contributed by atoms with van der Waals surface area (Å²) < 4.78 is 12.6. The highest BCUT2D eigenvalue weighted by Crippen LogP contribution is 2.26. The molecule has 2 atom stereocenters. The fraction of sp³-hybridized carbons (Fsp3) is 0.593. The largest absolute Gasteiger partial charge is 0.468 e. The summed E-state index contributed by atoms with van der Waals surface area (Å²) >= 11 is 0. The Labute approximate surface area is 208 Å². The second-order valence-corrected chi connectivity index (χ2v) is 9.83. The molecule has 1 aromatic carbocycles. The van der Waals surface area contributed by atoms with E-state index in [-0.39, 0.29) is 18.6 Å². The number of carbonyl (C=O) groups excluding carboxylic acids is 2. The molecule has 1 aliphatic carbocycles. The van der Waals surface area contributed by atoms with Gasteiger partial charge in [-0.3, -0.25) is 9.69 Å². The number of aromatic nitrogens is 2. The van der Waals surface area contributed by atoms with E-state index in [9.17, 15) is 9.59 Å². The first-order valence-corrected chi connectivity index (χ1v) is 12.9. The molecule has 4 rings (SSSR count). The van der Waals surface area contributed by atoms with Crippen molar-refractivity contribution in [1.29, 1.82) is 0 Å². The monoisotopic (exact) mass is 482 g/mol. The number of rotatable bonds is 10. The zero-order valence-corrected chi connectivity index (χ0v) is 20.7. The maximum Gasteiger partial charge on any atom is 0.407 e. The number of esters is 1. The Morgan fingerprint density at radius 2 is 1.94 bits per heavy atom. The Balaban J connectivity index is 1.26. The molecule has 0 bridgehead atoms. The van der Waals surface area contributed by atoms with Gasteiger partial charge in [0.15, 0.2) is 0 Å². The molecule has 8 heteroatoms. The molecular weight excluding hydrogens is 444 g/mol. The molecule has 1 aliphatic heterocycles.